The zero-order chi connectivity index (χ0) is 15.8. The lowest BCUT2D eigenvalue weighted by atomic mass is 9.75. The van der Waals surface area contributed by atoms with Gasteiger partial charge >= 0.3 is 13.1 Å². The number of ether oxygens (including phenoxy) is 1. The summed E-state index contributed by atoms with van der Waals surface area (Å²) in [7, 11) is -0.539. The number of benzene rings is 1. The molecule has 0 spiro atoms. The van der Waals surface area contributed by atoms with E-state index in [0.717, 1.165) is 5.56 Å². The third kappa shape index (κ3) is 3.28. The van der Waals surface area contributed by atoms with Crippen LogP contribution < -0.4 is 10.5 Å². The quantitative estimate of drug-likeness (QED) is 0.525. The third-order valence-electron chi connectivity index (χ3n) is 4.07. The van der Waals surface area contributed by atoms with Crippen molar-refractivity contribution in [1.82, 2.24) is 0 Å². The maximum absolute atomic E-state index is 11.0. The van der Waals surface area contributed by atoms with Gasteiger partial charge in [-0.1, -0.05) is 12.1 Å². The summed E-state index contributed by atoms with van der Waals surface area (Å²) in [4.78, 5) is 11.0. The zero-order valence-electron chi connectivity index (χ0n) is 13.2. The molecule has 0 radical (unpaired) electrons. The van der Waals surface area contributed by atoms with Crippen molar-refractivity contribution in [1.29, 1.82) is 0 Å². The normalized spacial score (nSPS) is 21.1. The molecule has 2 N–H and O–H groups in total. The number of hydrogen-bond acceptors (Lipinski definition) is 5. The molecule has 1 aromatic rings. The summed E-state index contributed by atoms with van der Waals surface area (Å²) >= 11 is 0. The molecule has 1 aliphatic rings. The first-order valence-corrected chi connectivity index (χ1v) is 7.02. The molecule has 0 bridgehead atoms. The first kappa shape index (κ1) is 16.0. The van der Waals surface area contributed by atoms with Gasteiger partial charge in [0.05, 0.1) is 17.1 Å². The van der Waals surface area contributed by atoms with Crippen molar-refractivity contribution in [2.24, 2.45) is 5.73 Å². The second-order valence-corrected chi connectivity index (χ2v) is 6.32. The molecule has 0 unspecified atom stereocenters. The summed E-state index contributed by atoms with van der Waals surface area (Å²) in [5, 5.41) is 0. The molecule has 0 amide bonds. The Hall–Kier alpha value is -1.37. The maximum Gasteiger partial charge on any atom is 0.480 e. The predicted octanol–water partition coefficient (Wildman–Crippen LogP) is 2.24. The van der Waals surface area contributed by atoms with Gasteiger partial charge in [0.25, 0.3) is 0 Å². The van der Waals surface area contributed by atoms with E-state index >= 15 is 0 Å². The molecule has 1 aliphatic heterocycles. The average molecular weight is 291 g/mol. The molecule has 1 fully saturated rings. The standard InChI is InChI=1S/C15H22BNO4/c1-10(18)19-12-8-6-7-11(9-12)13(17)16-20-14(2,3)15(4,5)21-16/h6-9,13H,17H2,1-5H3/t13-/m1/s1. The number of carbonyl (C=O) groups excluding carboxylic acids is 1. The SMILES string of the molecule is CC(=O)Oc1cccc([C@@H](N)B2OC(C)(C)C(C)(C)O2)c1. The van der Waals surface area contributed by atoms with E-state index in [1.54, 1.807) is 18.2 Å². The van der Waals surface area contributed by atoms with Crippen LogP contribution in [0.1, 0.15) is 46.1 Å². The molecule has 0 saturated carbocycles. The van der Waals surface area contributed by atoms with Gasteiger partial charge in [-0.25, -0.2) is 0 Å². The fourth-order valence-electron chi connectivity index (χ4n) is 2.14. The van der Waals surface area contributed by atoms with Crippen molar-refractivity contribution in [2.45, 2.75) is 51.8 Å². The van der Waals surface area contributed by atoms with Gasteiger partial charge in [-0.15, -0.1) is 0 Å². The van der Waals surface area contributed by atoms with Crippen LogP contribution >= 0.6 is 0 Å². The Labute approximate surface area is 125 Å². The van der Waals surface area contributed by atoms with Crippen LogP contribution in [0, 0.1) is 0 Å². The molecule has 2 rings (SSSR count). The van der Waals surface area contributed by atoms with Gasteiger partial charge < -0.3 is 19.8 Å². The lowest BCUT2D eigenvalue weighted by Gasteiger charge is -2.32. The Bertz CT molecular complexity index is 528. The summed E-state index contributed by atoms with van der Waals surface area (Å²) < 4.78 is 17.0. The van der Waals surface area contributed by atoms with Crippen molar-refractivity contribution < 1.29 is 18.8 Å². The van der Waals surface area contributed by atoms with E-state index in [-0.39, 0.29) is 5.97 Å². The molecule has 0 aliphatic carbocycles. The van der Waals surface area contributed by atoms with Crippen LogP contribution in [0.2, 0.25) is 0 Å². The fourth-order valence-corrected chi connectivity index (χ4v) is 2.14. The molecule has 6 heteroatoms. The largest absolute Gasteiger partial charge is 0.480 e. The highest BCUT2D eigenvalue weighted by atomic mass is 16.7. The lowest BCUT2D eigenvalue weighted by molar-refractivity contribution is -0.131. The summed E-state index contributed by atoms with van der Waals surface area (Å²) in [5.74, 6) is -0.357. The van der Waals surface area contributed by atoms with Gasteiger partial charge in [0.15, 0.2) is 0 Å². The highest BCUT2D eigenvalue weighted by Gasteiger charge is 2.53. The van der Waals surface area contributed by atoms with Crippen molar-refractivity contribution in [3.63, 3.8) is 0 Å². The van der Waals surface area contributed by atoms with Crippen LogP contribution in [0.3, 0.4) is 0 Å². The monoisotopic (exact) mass is 291 g/mol. The molecule has 21 heavy (non-hydrogen) atoms. The molecule has 1 saturated heterocycles. The highest BCUT2D eigenvalue weighted by Crippen LogP contribution is 2.39. The number of rotatable bonds is 3. The Balaban J connectivity index is 2.18. The van der Waals surface area contributed by atoms with Crippen molar-refractivity contribution in [3.8, 4) is 5.75 Å². The maximum atomic E-state index is 11.0. The van der Waals surface area contributed by atoms with E-state index in [1.807, 2.05) is 33.8 Å². The van der Waals surface area contributed by atoms with Gasteiger partial charge in [0.1, 0.15) is 5.75 Å². The minimum Gasteiger partial charge on any atom is -0.427 e. The summed E-state index contributed by atoms with van der Waals surface area (Å²) in [6.45, 7) is 9.29. The number of nitrogens with two attached hydrogens (primary N) is 1. The Morgan fingerprint density at radius 1 is 1.24 bits per heavy atom. The summed E-state index contributed by atoms with van der Waals surface area (Å²) in [6, 6.07) is 7.10. The van der Waals surface area contributed by atoms with Crippen molar-refractivity contribution in [3.05, 3.63) is 29.8 Å². The predicted molar refractivity (Wildman–Crippen MR) is 80.8 cm³/mol. The zero-order valence-corrected chi connectivity index (χ0v) is 13.2. The fraction of sp³-hybridized carbons (Fsp3) is 0.533. The molecule has 114 valence electrons. The average Bonchev–Trinajstić information content (AvgIpc) is 2.57. The van der Waals surface area contributed by atoms with E-state index in [0.29, 0.717) is 5.75 Å². The number of hydrogen-bond donors (Lipinski definition) is 1. The summed E-state index contributed by atoms with van der Waals surface area (Å²) in [6.07, 6.45) is 0. The number of esters is 1. The summed E-state index contributed by atoms with van der Waals surface area (Å²) in [5.41, 5.74) is 6.19. The second-order valence-electron chi connectivity index (χ2n) is 6.32. The Morgan fingerprint density at radius 2 is 1.81 bits per heavy atom. The first-order chi connectivity index (χ1) is 9.62. The van der Waals surface area contributed by atoms with Crippen LogP contribution in [-0.2, 0) is 14.1 Å². The highest BCUT2D eigenvalue weighted by molar-refractivity contribution is 6.47. The second kappa shape index (κ2) is 5.44. The third-order valence-corrected chi connectivity index (χ3v) is 4.07. The van der Waals surface area contributed by atoms with E-state index in [4.69, 9.17) is 19.8 Å². The van der Waals surface area contributed by atoms with Crippen LogP contribution in [0.25, 0.3) is 0 Å². The Morgan fingerprint density at radius 3 is 2.33 bits per heavy atom. The lowest BCUT2D eigenvalue weighted by Crippen LogP contribution is -2.41. The number of carbonyl (C=O) groups is 1. The van der Waals surface area contributed by atoms with E-state index in [1.165, 1.54) is 6.92 Å². The smallest absolute Gasteiger partial charge is 0.427 e. The van der Waals surface area contributed by atoms with E-state index in [9.17, 15) is 4.79 Å². The van der Waals surface area contributed by atoms with Crippen LogP contribution in [0.15, 0.2) is 24.3 Å². The molecule has 1 atom stereocenters. The first-order valence-electron chi connectivity index (χ1n) is 7.02. The Kier molecular flexibility index (Phi) is 4.15. The van der Waals surface area contributed by atoms with E-state index < -0.39 is 24.3 Å². The van der Waals surface area contributed by atoms with Crippen LogP contribution in [0.4, 0.5) is 0 Å². The topological polar surface area (TPSA) is 70.8 Å². The van der Waals surface area contributed by atoms with Gasteiger partial charge in [0.2, 0.25) is 0 Å². The molecule has 5 nitrogen and oxygen atoms in total. The van der Waals surface area contributed by atoms with E-state index in [2.05, 4.69) is 0 Å². The molecular formula is C15H22BNO4. The van der Waals surface area contributed by atoms with Gasteiger partial charge in [-0.05, 0) is 45.4 Å². The minimum absolute atomic E-state index is 0.364. The van der Waals surface area contributed by atoms with Crippen molar-refractivity contribution >= 4 is 13.1 Å². The molecule has 0 aromatic heterocycles. The van der Waals surface area contributed by atoms with Gasteiger partial charge in [-0.3, -0.25) is 4.79 Å². The minimum atomic E-state index is -0.539. The molecule has 1 heterocycles. The molecule has 1 aromatic carbocycles. The van der Waals surface area contributed by atoms with Crippen LogP contribution in [0.5, 0.6) is 5.75 Å². The van der Waals surface area contributed by atoms with Crippen molar-refractivity contribution in [2.75, 3.05) is 0 Å². The van der Waals surface area contributed by atoms with Crippen LogP contribution in [-0.4, -0.2) is 24.3 Å². The molecular weight excluding hydrogens is 269 g/mol. The van der Waals surface area contributed by atoms with Gasteiger partial charge in [0, 0.05) is 6.92 Å². The van der Waals surface area contributed by atoms with Gasteiger partial charge in [-0.2, -0.15) is 0 Å².